The third-order valence-electron chi connectivity index (χ3n) is 3.20. The highest BCUT2D eigenvalue weighted by Gasteiger charge is 2.17. The molecular weight excluding hydrogens is 292 g/mol. The van der Waals surface area contributed by atoms with Crippen molar-refractivity contribution in [2.24, 2.45) is 5.92 Å². The maximum atomic E-state index is 10.9. The second kappa shape index (κ2) is 12.0. The Bertz CT molecular complexity index is 501. The summed E-state index contributed by atoms with van der Waals surface area (Å²) in [5.41, 5.74) is 3.00. The lowest BCUT2D eigenvalue weighted by Gasteiger charge is -2.19. The van der Waals surface area contributed by atoms with Crippen LogP contribution in [0.4, 0.5) is 0 Å². The van der Waals surface area contributed by atoms with E-state index in [9.17, 15) is 4.79 Å². The Kier molecular flexibility index (Phi) is 11.2. The molecule has 0 aliphatic carbocycles. The fraction of sp³-hybridized carbons (Fsp3) is 0.368. The fourth-order valence-corrected chi connectivity index (χ4v) is 2.36. The summed E-state index contributed by atoms with van der Waals surface area (Å²) in [5, 5.41) is 0. The number of allylic oxidation sites excluding steroid dienone is 2. The first-order chi connectivity index (χ1) is 10.6. The number of hydrogen-bond acceptors (Lipinski definition) is 3. The quantitative estimate of drug-likeness (QED) is 0.384. The van der Waals surface area contributed by atoms with Crippen molar-refractivity contribution in [1.82, 2.24) is 0 Å². The van der Waals surface area contributed by atoms with Crippen LogP contribution in [0.3, 0.4) is 0 Å². The van der Waals surface area contributed by atoms with E-state index >= 15 is 0 Å². The van der Waals surface area contributed by atoms with Gasteiger partial charge in [-0.25, -0.2) is 0 Å². The number of aldehydes is 1. The molecule has 1 aromatic carbocycles. The van der Waals surface area contributed by atoms with Crippen LogP contribution in [0.5, 0.6) is 0 Å². The average Bonchev–Trinajstić information content (AvgIpc) is 2.56. The molecule has 0 amide bonds. The first kappa shape index (κ1) is 20.4. The number of rotatable bonds is 8. The molecule has 0 aliphatic heterocycles. The predicted octanol–water partition coefficient (Wildman–Crippen LogP) is 4.98. The van der Waals surface area contributed by atoms with Gasteiger partial charge in [-0.3, -0.25) is 4.79 Å². The number of ether oxygens (including phenoxy) is 1. The molecule has 0 radical (unpaired) electrons. The summed E-state index contributed by atoms with van der Waals surface area (Å²) < 4.78 is 5.13. The lowest BCUT2D eigenvalue weighted by atomic mass is 9.87. The average molecular weight is 318 g/mol. The number of methoxy groups -OCH3 is 1. The van der Waals surface area contributed by atoms with E-state index in [0.717, 1.165) is 34.3 Å². The molecule has 0 bridgehead atoms. The van der Waals surface area contributed by atoms with Crippen molar-refractivity contribution in [2.45, 2.75) is 27.2 Å². The highest BCUT2D eigenvalue weighted by atomic mass is 32.1. The van der Waals surface area contributed by atoms with E-state index in [0.29, 0.717) is 6.61 Å². The van der Waals surface area contributed by atoms with Crippen LogP contribution in [0.2, 0.25) is 0 Å². The van der Waals surface area contributed by atoms with Crippen LogP contribution in [0.1, 0.15) is 38.3 Å². The second-order valence-electron chi connectivity index (χ2n) is 4.53. The van der Waals surface area contributed by atoms with Gasteiger partial charge >= 0.3 is 0 Å². The van der Waals surface area contributed by atoms with Crippen LogP contribution in [0.25, 0.3) is 11.6 Å². The van der Waals surface area contributed by atoms with Crippen LogP contribution < -0.4 is 0 Å². The summed E-state index contributed by atoms with van der Waals surface area (Å²) in [4.78, 5) is 11.8. The molecule has 0 N–H and O–H groups in total. The van der Waals surface area contributed by atoms with Crippen LogP contribution in [0.15, 0.2) is 36.9 Å². The predicted molar refractivity (Wildman–Crippen MR) is 100 cm³/mol. The zero-order valence-corrected chi connectivity index (χ0v) is 14.8. The Morgan fingerprint density at radius 2 is 1.91 bits per heavy atom. The molecule has 0 aromatic heterocycles. The summed E-state index contributed by atoms with van der Waals surface area (Å²) in [5.74, 6) is 0.0460. The molecule has 0 aliphatic rings. The van der Waals surface area contributed by atoms with Crippen LogP contribution in [-0.2, 0) is 9.53 Å². The van der Waals surface area contributed by atoms with Crippen molar-refractivity contribution in [3.05, 3.63) is 48.0 Å². The summed E-state index contributed by atoms with van der Waals surface area (Å²) >= 11 is 5.34. The number of hydrogen-bond donors (Lipinski definition) is 0. The standard InChI is InChI=1S/C17H20O2S.C2H6/c1-4-14-5-7-15(8-6-14)17(9-11-18)16(13(2)20)10-12-19-3;1-2/h4-9,11,16H,1,10,12H2,2-3H3;1-2H3/b17-9-;. The number of carbonyl (C=O) groups is 1. The summed E-state index contributed by atoms with van der Waals surface area (Å²) in [6.45, 7) is 10.3. The lowest BCUT2D eigenvalue weighted by molar-refractivity contribution is -0.104. The highest BCUT2D eigenvalue weighted by Crippen LogP contribution is 2.28. The van der Waals surface area contributed by atoms with E-state index in [1.165, 1.54) is 0 Å². The largest absolute Gasteiger partial charge is 0.385 e. The van der Waals surface area contributed by atoms with E-state index in [4.69, 9.17) is 17.0 Å². The first-order valence-corrected chi connectivity index (χ1v) is 7.92. The molecule has 0 spiro atoms. The molecule has 0 fully saturated rings. The monoisotopic (exact) mass is 318 g/mol. The van der Waals surface area contributed by atoms with Crippen LogP contribution in [-0.4, -0.2) is 24.9 Å². The Morgan fingerprint density at radius 3 is 2.32 bits per heavy atom. The smallest absolute Gasteiger partial charge is 0.143 e. The minimum atomic E-state index is 0.0460. The van der Waals surface area contributed by atoms with E-state index in [1.54, 1.807) is 19.3 Å². The van der Waals surface area contributed by atoms with Crippen molar-refractivity contribution >= 4 is 35.0 Å². The van der Waals surface area contributed by atoms with Crippen LogP contribution >= 0.6 is 12.2 Å². The van der Waals surface area contributed by atoms with Gasteiger partial charge in [0.25, 0.3) is 0 Å². The van der Waals surface area contributed by atoms with Gasteiger partial charge in [-0.05, 0) is 41.0 Å². The topological polar surface area (TPSA) is 26.3 Å². The van der Waals surface area contributed by atoms with Gasteiger partial charge in [0.1, 0.15) is 6.29 Å². The minimum Gasteiger partial charge on any atom is -0.385 e. The molecule has 3 heteroatoms. The van der Waals surface area contributed by atoms with Crippen molar-refractivity contribution in [3.63, 3.8) is 0 Å². The molecule has 0 saturated carbocycles. The zero-order chi connectivity index (χ0) is 17.0. The molecule has 120 valence electrons. The minimum absolute atomic E-state index is 0.0460. The van der Waals surface area contributed by atoms with Crippen molar-refractivity contribution in [3.8, 4) is 0 Å². The van der Waals surface area contributed by atoms with Gasteiger partial charge in [0.05, 0.1) is 0 Å². The number of carbonyl (C=O) groups excluding carboxylic acids is 1. The lowest BCUT2D eigenvalue weighted by Crippen LogP contribution is -2.14. The molecule has 1 aromatic rings. The van der Waals surface area contributed by atoms with Gasteiger partial charge in [0.15, 0.2) is 0 Å². The van der Waals surface area contributed by atoms with Gasteiger partial charge < -0.3 is 4.74 Å². The van der Waals surface area contributed by atoms with E-state index in [-0.39, 0.29) is 5.92 Å². The van der Waals surface area contributed by atoms with Crippen molar-refractivity contribution in [2.75, 3.05) is 13.7 Å². The highest BCUT2D eigenvalue weighted by molar-refractivity contribution is 7.80. The van der Waals surface area contributed by atoms with E-state index in [2.05, 4.69) is 6.58 Å². The number of benzene rings is 1. The molecule has 1 atom stereocenters. The first-order valence-electron chi connectivity index (χ1n) is 7.51. The Morgan fingerprint density at radius 1 is 1.32 bits per heavy atom. The molecule has 22 heavy (non-hydrogen) atoms. The number of thiocarbonyl (C=S) groups is 1. The summed E-state index contributed by atoms with van der Waals surface area (Å²) in [7, 11) is 1.66. The Labute approximate surface area is 139 Å². The third kappa shape index (κ3) is 6.46. The van der Waals surface area contributed by atoms with Gasteiger partial charge in [-0.15, -0.1) is 0 Å². The third-order valence-corrected chi connectivity index (χ3v) is 3.49. The van der Waals surface area contributed by atoms with Gasteiger partial charge in [-0.1, -0.05) is 63.0 Å². The SMILES string of the molecule is C=Cc1ccc(/C(=C/C=O)C(CCOC)C(C)=S)cc1.CC. The maximum Gasteiger partial charge on any atom is 0.143 e. The summed E-state index contributed by atoms with van der Waals surface area (Å²) in [6.07, 6.45) is 4.97. The van der Waals surface area contributed by atoms with Crippen molar-refractivity contribution in [1.29, 1.82) is 0 Å². The molecular formula is C19H26O2S. The second-order valence-corrected chi connectivity index (χ2v) is 5.17. The van der Waals surface area contributed by atoms with E-state index < -0.39 is 0 Å². The molecule has 2 nitrogen and oxygen atoms in total. The molecule has 0 saturated heterocycles. The molecule has 0 heterocycles. The van der Waals surface area contributed by atoms with E-state index in [1.807, 2.05) is 45.0 Å². The zero-order valence-electron chi connectivity index (χ0n) is 14.0. The van der Waals surface area contributed by atoms with Gasteiger partial charge in [0.2, 0.25) is 0 Å². The normalized spacial score (nSPS) is 11.9. The Balaban J connectivity index is 0.00000211. The molecule has 1 unspecified atom stereocenters. The molecule has 1 rings (SSSR count). The van der Waals surface area contributed by atoms with Crippen molar-refractivity contribution < 1.29 is 9.53 Å². The maximum absolute atomic E-state index is 10.9. The summed E-state index contributed by atoms with van der Waals surface area (Å²) in [6, 6.07) is 7.94. The Hall–Kier alpha value is -1.58. The van der Waals surface area contributed by atoms with Gasteiger partial charge in [0, 0.05) is 19.6 Å². The van der Waals surface area contributed by atoms with Crippen LogP contribution in [0, 0.1) is 5.92 Å². The van der Waals surface area contributed by atoms with Gasteiger partial charge in [-0.2, -0.15) is 0 Å². The fourth-order valence-electron chi connectivity index (χ4n) is 2.11.